The maximum absolute atomic E-state index is 14.7. The van der Waals surface area contributed by atoms with E-state index in [1.54, 1.807) is 13.0 Å². The predicted molar refractivity (Wildman–Crippen MR) is 156 cm³/mol. The number of carbonyl (C=O) groups excluding carboxylic acids is 1. The summed E-state index contributed by atoms with van der Waals surface area (Å²) in [4.78, 5) is 26.6. The Hall–Kier alpha value is -3.53. The number of aryl methyl sites for hydroxylation is 2. The summed E-state index contributed by atoms with van der Waals surface area (Å²) in [5, 5.41) is 0.288. The second-order valence-electron chi connectivity index (χ2n) is 10.0. The van der Waals surface area contributed by atoms with Gasteiger partial charge in [-0.15, -0.1) is 0 Å². The molecule has 0 aliphatic carbocycles. The Morgan fingerprint density at radius 2 is 1.71 bits per heavy atom. The topological polar surface area (TPSA) is 93.9 Å². The highest BCUT2D eigenvalue weighted by atomic mass is 35.5. The second-order valence-corrected chi connectivity index (χ2v) is 12.3. The van der Waals surface area contributed by atoms with Crippen LogP contribution in [-0.4, -0.2) is 31.8 Å². The molecular formula is C31H29ClFNO6S. The third kappa shape index (κ3) is 5.66. The smallest absolute Gasteiger partial charge is 0.343 e. The Balaban J connectivity index is 1.45. The molecule has 3 aromatic carbocycles. The zero-order chi connectivity index (χ0) is 29.3. The number of carbonyl (C=O) groups is 1. The van der Waals surface area contributed by atoms with Gasteiger partial charge in [0, 0.05) is 24.7 Å². The maximum Gasteiger partial charge on any atom is 0.343 e. The molecule has 1 aliphatic rings. The summed E-state index contributed by atoms with van der Waals surface area (Å²) in [6, 6.07) is 12.9. The van der Waals surface area contributed by atoms with Gasteiger partial charge in [-0.2, -0.15) is 4.31 Å². The highest BCUT2D eigenvalue weighted by Gasteiger charge is 2.26. The average molecular weight is 598 g/mol. The average Bonchev–Trinajstić information content (AvgIpc) is 3.25. The molecule has 0 unspecified atom stereocenters. The first-order valence-corrected chi connectivity index (χ1v) is 15.3. The van der Waals surface area contributed by atoms with Crippen molar-refractivity contribution in [1.29, 1.82) is 0 Å². The van der Waals surface area contributed by atoms with Crippen molar-refractivity contribution in [2.75, 3.05) is 13.1 Å². The molecule has 0 N–H and O–H groups in total. The summed E-state index contributed by atoms with van der Waals surface area (Å²) < 4.78 is 53.9. The minimum atomic E-state index is -3.65. The van der Waals surface area contributed by atoms with Crippen LogP contribution < -0.4 is 10.2 Å². The number of hydrogen-bond acceptors (Lipinski definition) is 6. The molecule has 1 fully saturated rings. The van der Waals surface area contributed by atoms with Crippen LogP contribution in [-0.2, 0) is 16.4 Å². The second kappa shape index (κ2) is 11.8. The summed E-state index contributed by atoms with van der Waals surface area (Å²) in [5.41, 5.74) is 0.448. The number of hydrogen-bond donors (Lipinski definition) is 0. The number of rotatable bonds is 6. The van der Waals surface area contributed by atoms with Crippen molar-refractivity contribution in [2.45, 2.75) is 50.8 Å². The monoisotopic (exact) mass is 597 g/mol. The van der Waals surface area contributed by atoms with E-state index in [9.17, 15) is 22.4 Å². The molecule has 214 valence electrons. The van der Waals surface area contributed by atoms with Crippen LogP contribution in [0.15, 0.2) is 68.7 Å². The number of fused-ring (bicyclic) bond motifs is 1. The number of ether oxygens (including phenoxy) is 1. The van der Waals surface area contributed by atoms with Gasteiger partial charge < -0.3 is 9.15 Å². The molecule has 1 saturated heterocycles. The number of benzene rings is 3. The van der Waals surface area contributed by atoms with Crippen molar-refractivity contribution in [3.05, 3.63) is 92.5 Å². The quantitative estimate of drug-likeness (QED) is 0.177. The molecule has 0 bridgehead atoms. The van der Waals surface area contributed by atoms with E-state index >= 15 is 0 Å². The molecule has 2 heterocycles. The van der Waals surface area contributed by atoms with Gasteiger partial charge in [0.1, 0.15) is 22.9 Å². The molecule has 7 nitrogen and oxygen atoms in total. The van der Waals surface area contributed by atoms with Crippen LogP contribution >= 0.6 is 11.6 Å². The zero-order valence-corrected chi connectivity index (χ0v) is 24.3. The van der Waals surface area contributed by atoms with Gasteiger partial charge in [0.25, 0.3) is 0 Å². The minimum absolute atomic E-state index is 0.0302. The Kier molecular flexibility index (Phi) is 8.31. The van der Waals surface area contributed by atoms with E-state index in [2.05, 4.69) is 0 Å². The number of nitrogens with zero attached hydrogens (tertiary/aromatic N) is 1. The van der Waals surface area contributed by atoms with E-state index in [1.807, 2.05) is 6.92 Å². The molecule has 1 aliphatic heterocycles. The van der Waals surface area contributed by atoms with Crippen LogP contribution in [0.3, 0.4) is 0 Å². The lowest BCUT2D eigenvalue weighted by atomic mass is 10.00. The van der Waals surface area contributed by atoms with Crippen LogP contribution in [0.4, 0.5) is 4.39 Å². The lowest BCUT2D eigenvalue weighted by Gasteiger charge is -2.20. The van der Waals surface area contributed by atoms with E-state index in [0.717, 1.165) is 25.7 Å². The van der Waals surface area contributed by atoms with E-state index in [1.165, 1.54) is 52.8 Å². The van der Waals surface area contributed by atoms with Crippen LogP contribution in [0.1, 0.15) is 54.3 Å². The first kappa shape index (κ1) is 29.0. The first-order valence-electron chi connectivity index (χ1n) is 13.5. The number of esters is 1. The highest BCUT2D eigenvalue weighted by Crippen LogP contribution is 2.34. The molecule has 4 aromatic rings. The van der Waals surface area contributed by atoms with E-state index in [4.69, 9.17) is 20.8 Å². The molecule has 1 aromatic heterocycles. The van der Waals surface area contributed by atoms with Gasteiger partial charge >= 0.3 is 5.97 Å². The normalized spacial score (nSPS) is 14.6. The lowest BCUT2D eigenvalue weighted by Crippen LogP contribution is -2.31. The first-order chi connectivity index (χ1) is 19.6. The van der Waals surface area contributed by atoms with Gasteiger partial charge in [0.2, 0.25) is 15.5 Å². The summed E-state index contributed by atoms with van der Waals surface area (Å²) in [6.45, 7) is 4.35. The summed E-state index contributed by atoms with van der Waals surface area (Å²) in [6.07, 6.45) is 4.10. The maximum atomic E-state index is 14.7. The Bertz CT molecular complexity index is 1770. The molecular weight excluding hydrogens is 569 g/mol. The van der Waals surface area contributed by atoms with Crippen molar-refractivity contribution in [3.8, 4) is 16.9 Å². The van der Waals surface area contributed by atoms with Crippen molar-refractivity contribution >= 4 is 38.6 Å². The Labute approximate surface area is 242 Å². The van der Waals surface area contributed by atoms with Crippen LogP contribution in [0.25, 0.3) is 22.1 Å². The summed E-state index contributed by atoms with van der Waals surface area (Å²) in [5.74, 6) is -0.965. The molecule has 10 heteroatoms. The Morgan fingerprint density at radius 1 is 1.02 bits per heavy atom. The van der Waals surface area contributed by atoms with Gasteiger partial charge in [-0.1, -0.05) is 37.4 Å². The SMILES string of the molecule is CCc1cc2c(=O)c(-c3c(F)cccc3Cl)c(C)oc2cc1OC(=O)c1ccc(S(=O)(=O)N2CCCCCC2)cc1. The van der Waals surface area contributed by atoms with Crippen LogP contribution in [0, 0.1) is 12.7 Å². The fraction of sp³-hybridized carbons (Fsp3) is 0.290. The van der Waals surface area contributed by atoms with Gasteiger partial charge in [-0.05, 0) is 74.2 Å². The third-order valence-electron chi connectivity index (χ3n) is 7.34. The van der Waals surface area contributed by atoms with E-state index in [0.29, 0.717) is 25.1 Å². The Morgan fingerprint density at radius 3 is 2.34 bits per heavy atom. The van der Waals surface area contributed by atoms with Gasteiger partial charge in [-0.3, -0.25) is 4.79 Å². The van der Waals surface area contributed by atoms with Gasteiger partial charge in [-0.25, -0.2) is 17.6 Å². The largest absolute Gasteiger partial charge is 0.460 e. The standard InChI is InChI=1S/C31H29ClFNO6S/c1-3-20-17-23-27(39-19(2)28(30(23)35)29-24(32)9-8-10-25(29)33)18-26(20)40-31(36)21-11-13-22(14-12-21)41(37,38)34-15-6-4-5-7-16-34/h8-14,17-18H,3-7,15-16H2,1-2H3. The molecule has 0 radical (unpaired) electrons. The fourth-order valence-electron chi connectivity index (χ4n) is 5.13. The molecule has 0 saturated carbocycles. The van der Waals surface area contributed by atoms with Crippen LogP contribution in [0.2, 0.25) is 5.02 Å². The minimum Gasteiger partial charge on any atom is -0.460 e. The lowest BCUT2D eigenvalue weighted by molar-refractivity contribution is 0.0733. The van der Waals surface area contributed by atoms with Crippen molar-refractivity contribution in [3.63, 3.8) is 0 Å². The zero-order valence-electron chi connectivity index (χ0n) is 22.7. The molecule has 5 rings (SSSR count). The highest BCUT2D eigenvalue weighted by molar-refractivity contribution is 7.89. The van der Waals surface area contributed by atoms with E-state index < -0.39 is 27.2 Å². The van der Waals surface area contributed by atoms with Crippen molar-refractivity contribution in [1.82, 2.24) is 4.31 Å². The van der Waals surface area contributed by atoms with Crippen molar-refractivity contribution < 1.29 is 26.8 Å². The predicted octanol–water partition coefficient (Wildman–Crippen LogP) is 6.91. The summed E-state index contributed by atoms with van der Waals surface area (Å²) in [7, 11) is -3.65. The van der Waals surface area contributed by atoms with E-state index in [-0.39, 0.29) is 49.1 Å². The molecule has 0 atom stereocenters. The third-order valence-corrected chi connectivity index (χ3v) is 9.57. The van der Waals surface area contributed by atoms with Crippen molar-refractivity contribution in [2.24, 2.45) is 0 Å². The van der Waals surface area contributed by atoms with Gasteiger partial charge in [0.15, 0.2) is 0 Å². The molecule has 0 amide bonds. The van der Waals surface area contributed by atoms with Crippen LogP contribution in [0.5, 0.6) is 5.75 Å². The number of halogens is 2. The molecule has 41 heavy (non-hydrogen) atoms. The van der Waals surface area contributed by atoms with Gasteiger partial charge in [0.05, 0.1) is 26.4 Å². The number of sulfonamides is 1. The molecule has 0 spiro atoms. The fourth-order valence-corrected chi connectivity index (χ4v) is 6.90. The summed E-state index contributed by atoms with van der Waals surface area (Å²) >= 11 is 6.23.